The zero-order valence-electron chi connectivity index (χ0n) is 25.4. The van der Waals surface area contributed by atoms with Crippen molar-refractivity contribution in [1.29, 1.82) is 0 Å². The van der Waals surface area contributed by atoms with E-state index < -0.39 is 15.7 Å². The summed E-state index contributed by atoms with van der Waals surface area (Å²) in [7, 11) is -3.29. The Morgan fingerprint density at radius 1 is 0.717 bits per heavy atom. The van der Waals surface area contributed by atoms with Crippen LogP contribution in [0.4, 0.5) is 11.4 Å². The van der Waals surface area contributed by atoms with Crippen molar-refractivity contribution in [3.05, 3.63) is 155 Å². The highest BCUT2D eigenvalue weighted by atomic mass is 32.2. The zero-order valence-corrected chi connectivity index (χ0v) is 26.2. The minimum Gasteiger partial charge on any atom is -0.325 e. The summed E-state index contributed by atoms with van der Waals surface area (Å²) in [6.07, 6.45) is 4.37. The Morgan fingerprint density at radius 2 is 1.43 bits per heavy atom. The Bertz CT molecular complexity index is 2030. The van der Waals surface area contributed by atoms with Crippen LogP contribution in [0.3, 0.4) is 0 Å². The first kappa shape index (κ1) is 31.8. The van der Waals surface area contributed by atoms with Crippen LogP contribution in [0, 0.1) is 6.92 Å². The van der Waals surface area contributed by atoms with E-state index in [4.69, 9.17) is 0 Å². The standard InChI is InChI=1S/C38H32N2O5S/c1-26-11-13-28(14-12-26)24-37(42)40-35-21-18-32(25-34(35)38(43)30-8-4-3-5-9-30)39-36(41)22-15-27-7-6-10-31(23-27)29-16-19-33(20-17-29)46(2,44)45/h3-23,25H,24H2,1-2H3,(H,39,41)(H,40,42)/b22-15+. The summed E-state index contributed by atoms with van der Waals surface area (Å²) in [6, 6.07) is 35.3. The molecule has 230 valence electrons. The third-order valence-corrected chi connectivity index (χ3v) is 8.39. The molecule has 7 nitrogen and oxygen atoms in total. The molecule has 0 aromatic heterocycles. The molecule has 0 heterocycles. The first-order valence-electron chi connectivity index (χ1n) is 14.5. The van der Waals surface area contributed by atoms with Gasteiger partial charge in [0.15, 0.2) is 15.6 Å². The third-order valence-electron chi connectivity index (χ3n) is 7.26. The number of carbonyl (C=O) groups excluding carboxylic acids is 3. The molecule has 0 bridgehead atoms. The molecular formula is C38H32N2O5S. The lowest BCUT2D eigenvalue weighted by atomic mass is 10.0. The second kappa shape index (κ2) is 14.0. The van der Waals surface area contributed by atoms with Crippen LogP contribution < -0.4 is 10.6 Å². The van der Waals surface area contributed by atoms with Crippen LogP contribution in [-0.2, 0) is 25.8 Å². The largest absolute Gasteiger partial charge is 0.325 e. The maximum absolute atomic E-state index is 13.5. The van der Waals surface area contributed by atoms with E-state index in [2.05, 4.69) is 10.6 Å². The molecule has 0 radical (unpaired) electrons. The molecule has 0 aliphatic rings. The van der Waals surface area contributed by atoms with Gasteiger partial charge in [-0.1, -0.05) is 90.5 Å². The van der Waals surface area contributed by atoms with Crippen molar-refractivity contribution < 1.29 is 22.8 Å². The Morgan fingerprint density at radius 3 is 2.13 bits per heavy atom. The molecule has 0 unspecified atom stereocenters. The van der Waals surface area contributed by atoms with E-state index in [1.54, 1.807) is 72.8 Å². The molecule has 0 atom stereocenters. The van der Waals surface area contributed by atoms with Gasteiger partial charge in [0.25, 0.3) is 0 Å². The topological polar surface area (TPSA) is 109 Å². The number of amides is 2. The fraction of sp³-hybridized carbons (Fsp3) is 0.0789. The van der Waals surface area contributed by atoms with Gasteiger partial charge in [0.1, 0.15) is 0 Å². The van der Waals surface area contributed by atoms with Crippen molar-refractivity contribution in [3.8, 4) is 11.1 Å². The minimum atomic E-state index is -3.29. The second-order valence-corrected chi connectivity index (χ2v) is 12.9. The molecule has 0 fully saturated rings. The van der Waals surface area contributed by atoms with Gasteiger partial charge < -0.3 is 10.6 Å². The average molecular weight is 629 g/mol. The summed E-state index contributed by atoms with van der Waals surface area (Å²) in [6.45, 7) is 1.98. The monoisotopic (exact) mass is 628 g/mol. The zero-order chi connectivity index (χ0) is 32.7. The van der Waals surface area contributed by atoms with Gasteiger partial charge >= 0.3 is 0 Å². The van der Waals surface area contributed by atoms with Crippen LogP contribution in [0.1, 0.15) is 32.6 Å². The molecule has 0 aliphatic carbocycles. The third kappa shape index (κ3) is 8.31. The summed E-state index contributed by atoms with van der Waals surface area (Å²) >= 11 is 0. The van der Waals surface area contributed by atoms with E-state index in [1.807, 2.05) is 61.5 Å². The lowest BCUT2D eigenvalue weighted by Gasteiger charge is -2.13. The molecule has 46 heavy (non-hydrogen) atoms. The van der Waals surface area contributed by atoms with E-state index in [-0.39, 0.29) is 28.6 Å². The number of carbonyl (C=O) groups is 3. The maximum Gasteiger partial charge on any atom is 0.248 e. The molecule has 5 rings (SSSR count). The van der Waals surface area contributed by atoms with Gasteiger partial charge in [0.05, 0.1) is 17.0 Å². The van der Waals surface area contributed by atoms with Gasteiger partial charge in [-0.15, -0.1) is 0 Å². The molecule has 0 saturated carbocycles. The molecule has 0 saturated heterocycles. The molecule has 5 aromatic carbocycles. The van der Waals surface area contributed by atoms with Crippen LogP contribution in [0.15, 0.2) is 132 Å². The van der Waals surface area contributed by atoms with Gasteiger partial charge in [0.2, 0.25) is 11.8 Å². The highest BCUT2D eigenvalue weighted by molar-refractivity contribution is 7.90. The van der Waals surface area contributed by atoms with Crippen LogP contribution in [0.5, 0.6) is 0 Å². The number of hydrogen-bond acceptors (Lipinski definition) is 5. The number of benzene rings is 5. The predicted octanol–water partition coefficient (Wildman–Crippen LogP) is 7.13. The lowest BCUT2D eigenvalue weighted by molar-refractivity contribution is -0.115. The smallest absolute Gasteiger partial charge is 0.248 e. The quantitative estimate of drug-likeness (QED) is 0.126. The van der Waals surface area contributed by atoms with Crippen LogP contribution in [0.25, 0.3) is 17.2 Å². The van der Waals surface area contributed by atoms with Gasteiger partial charge in [-0.05, 0) is 71.7 Å². The molecule has 8 heteroatoms. The van der Waals surface area contributed by atoms with Crippen molar-refractivity contribution in [3.63, 3.8) is 0 Å². The average Bonchev–Trinajstić information content (AvgIpc) is 3.05. The summed E-state index contributed by atoms with van der Waals surface area (Å²) in [4.78, 5) is 39.6. The van der Waals surface area contributed by atoms with Crippen molar-refractivity contribution in [1.82, 2.24) is 0 Å². The molecular weight excluding hydrogens is 596 g/mol. The molecule has 0 spiro atoms. The number of nitrogens with one attached hydrogen (secondary N) is 2. The van der Waals surface area contributed by atoms with Gasteiger partial charge in [0, 0.05) is 29.1 Å². The highest BCUT2D eigenvalue weighted by Crippen LogP contribution is 2.25. The SMILES string of the molecule is Cc1ccc(CC(=O)Nc2ccc(NC(=O)/C=C/c3cccc(-c4ccc(S(C)(=O)=O)cc4)c3)cc2C(=O)c2ccccc2)cc1. The summed E-state index contributed by atoms with van der Waals surface area (Å²) < 4.78 is 23.6. The van der Waals surface area contributed by atoms with Gasteiger partial charge in [-0.3, -0.25) is 14.4 Å². The van der Waals surface area contributed by atoms with Crippen molar-refractivity contribution >= 4 is 44.9 Å². The fourth-order valence-electron chi connectivity index (χ4n) is 4.82. The predicted molar refractivity (Wildman–Crippen MR) is 182 cm³/mol. The van der Waals surface area contributed by atoms with Crippen LogP contribution >= 0.6 is 0 Å². The fourth-order valence-corrected chi connectivity index (χ4v) is 5.45. The molecule has 5 aromatic rings. The van der Waals surface area contributed by atoms with E-state index in [0.29, 0.717) is 16.9 Å². The number of ketones is 1. The summed E-state index contributed by atoms with van der Waals surface area (Å²) in [5.74, 6) is -0.962. The molecule has 2 amide bonds. The normalized spacial score (nSPS) is 11.3. The first-order chi connectivity index (χ1) is 22.0. The summed E-state index contributed by atoms with van der Waals surface area (Å²) in [5, 5.41) is 5.67. The van der Waals surface area contributed by atoms with Gasteiger partial charge in [-0.25, -0.2) is 8.42 Å². The van der Waals surface area contributed by atoms with Crippen LogP contribution in [0.2, 0.25) is 0 Å². The lowest BCUT2D eigenvalue weighted by Crippen LogP contribution is -2.18. The molecule has 2 N–H and O–H groups in total. The number of rotatable bonds is 10. The Hall–Kier alpha value is -5.60. The van der Waals surface area contributed by atoms with Crippen molar-refractivity contribution in [2.24, 2.45) is 0 Å². The Labute approximate surface area is 268 Å². The van der Waals surface area contributed by atoms with E-state index in [0.717, 1.165) is 27.8 Å². The molecule has 0 aliphatic heterocycles. The highest BCUT2D eigenvalue weighted by Gasteiger charge is 2.17. The van der Waals surface area contributed by atoms with Crippen LogP contribution in [-0.4, -0.2) is 32.3 Å². The number of aryl methyl sites for hydroxylation is 1. The van der Waals surface area contributed by atoms with Crippen molar-refractivity contribution in [2.75, 3.05) is 16.9 Å². The number of anilines is 2. The minimum absolute atomic E-state index is 0.149. The Balaban J connectivity index is 1.32. The first-order valence-corrected chi connectivity index (χ1v) is 16.4. The number of hydrogen-bond donors (Lipinski definition) is 2. The van der Waals surface area contributed by atoms with E-state index in [9.17, 15) is 22.8 Å². The second-order valence-electron chi connectivity index (χ2n) is 10.9. The van der Waals surface area contributed by atoms with Gasteiger partial charge in [-0.2, -0.15) is 0 Å². The van der Waals surface area contributed by atoms with E-state index >= 15 is 0 Å². The summed E-state index contributed by atoms with van der Waals surface area (Å²) in [5.41, 5.74) is 5.87. The number of sulfone groups is 1. The Kier molecular flexibility index (Phi) is 9.69. The van der Waals surface area contributed by atoms with E-state index in [1.165, 1.54) is 12.3 Å². The maximum atomic E-state index is 13.5. The van der Waals surface area contributed by atoms with Crippen molar-refractivity contribution in [2.45, 2.75) is 18.2 Å².